The fourth-order valence-corrected chi connectivity index (χ4v) is 3.08. The number of fused-ring (bicyclic) bond motifs is 1. The van der Waals surface area contributed by atoms with Gasteiger partial charge in [-0.1, -0.05) is 42.5 Å². The van der Waals surface area contributed by atoms with Crippen LogP contribution in [0.5, 0.6) is 0 Å². The molecule has 1 aliphatic heterocycles. The highest BCUT2D eigenvalue weighted by Crippen LogP contribution is 2.35. The Morgan fingerprint density at radius 1 is 1.06 bits per heavy atom. The smallest absolute Gasteiger partial charge is 0.0853 e. The van der Waals surface area contributed by atoms with Gasteiger partial charge >= 0.3 is 0 Å². The largest absolute Gasteiger partial charge is 0.376 e. The molecular formula is C16H17ClO. The van der Waals surface area contributed by atoms with Crippen LogP contribution in [-0.4, -0.2) is 12.7 Å². The predicted octanol–water partition coefficient (Wildman–Crippen LogP) is 4.69. The van der Waals surface area contributed by atoms with Crippen LogP contribution < -0.4 is 0 Å². The van der Waals surface area contributed by atoms with E-state index in [2.05, 4.69) is 42.5 Å². The van der Waals surface area contributed by atoms with Gasteiger partial charge in [0.25, 0.3) is 0 Å². The van der Waals surface area contributed by atoms with Gasteiger partial charge in [0.2, 0.25) is 0 Å². The molecule has 1 nitrogen and oxygen atoms in total. The Balaban J connectivity index is 1.97. The van der Waals surface area contributed by atoms with E-state index in [1.165, 1.54) is 22.8 Å². The number of hydrogen-bond acceptors (Lipinski definition) is 1. The summed E-state index contributed by atoms with van der Waals surface area (Å²) in [6, 6.07) is 14.7. The minimum absolute atomic E-state index is 0.0450. The highest BCUT2D eigenvalue weighted by molar-refractivity contribution is 6.22. The first-order chi connectivity index (χ1) is 8.86. The van der Waals surface area contributed by atoms with Crippen molar-refractivity contribution in [3.05, 3.63) is 48.0 Å². The van der Waals surface area contributed by atoms with Gasteiger partial charge in [-0.05, 0) is 35.6 Å². The summed E-state index contributed by atoms with van der Waals surface area (Å²) in [5.74, 6) is 0. The monoisotopic (exact) mass is 260 g/mol. The molecule has 2 unspecified atom stereocenters. The highest BCUT2D eigenvalue weighted by atomic mass is 35.5. The first kappa shape index (κ1) is 12.0. The Hall–Kier alpha value is -1.05. The summed E-state index contributed by atoms with van der Waals surface area (Å²) in [5.41, 5.74) is 1.20. The number of halogens is 1. The van der Waals surface area contributed by atoms with Gasteiger partial charge in [0, 0.05) is 6.61 Å². The zero-order valence-electron chi connectivity index (χ0n) is 10.3. The Morgan fingerprint density at radius 2 is 1.89 bits per heavy atom. The number of benzene rings is 2. The third-order valence-corrected chi connectivity index (χ3v) is 4.18. The average Bonchev–Trinajstić information content (AvgIpc) is 2.47. The topological polar surface area (TPSA) is 9.23 Å². The molecule has 2 heteroatoms. The fraction of sp³-hybridized carbons (Fsp3) is 0.375. The maximum atomic E-state index is 6.64. The van der Waals surface area contributed by atoms with Crippen LogP contribution in [-0.2, 0) is 4.74 Å². The fourth-order valence-electron chi connectivity index (χ4n) is 2.69. The Morgan fingerprint density at radius 3 is 2.72 bits per heavy atom. The van der Waals surface area contributed by atoms with Crippen molar-refractivity contribution >= 4 is 22.4 Å². The minimum atomic E-state index is -0.0450. The van der Waals surface area contributed by atoms with E-state index in [1.807, 2.05) is 0 Å². The summed E-state index contributed by atoms with van der Waals surface area (Å²) in [7, 11) is 0. The van der Waals surface area contributed by atoms with Gasteiger partial charge in [0.15, 0.2) is 0 Å². The van der Waals surface area contributed by atoms with Crippen molar-refractivity contribution in [1.82, 2.24) is 0 Å². The van der Waals surface area contributed by atoms with Crippen molar-refractivity contribution in [2.24, 2.45) is 0 Å². The van der Waals surface area contributed by atoms with E-state index in [-0.39, 0.29) is 11.5 Å². The first-order valence-electron chi connectivity index (χ1n) is 6.59. The van der Waals surface area contributed by atoms with E-state index in [9.17, 15) is 0 Å². The number of hydrogen-bond donors (Lipinski definition) is 0. The molecule has 0 saturated carbocycles. The number of rotatable bonds is 2. The maximum absolute atomic E-state index is 6.64. The number of ether oxygens (including phenoxy) is 1. The Labute approximate surface area is 113 Å². The molecule has 0 bridgehead atoms. The van der Waals surface area contributed by atoms with Crippen molar-refractivity contribution in [2.45, 2.75) is 30.7 Å². The molecule has 94 valence electrons. The van der Waals surface area contributed by atoms with Crippen LogP contribution in [0, 0.1) is 0 Å². The van der Waals surface area contributed by atoms with E-state index in [0.29, 0.717) is 0 Å². The van der Waals surface area contributed by atoms with Crippen molar-refractivity contribution in [2.75, 3.05) is 6.61 Å². The van der Waals surface area contributed by atoms with Gasteiger partial charge in [0.1, 0.15) is 0 Å². The molecule has 1 fully saturated rings. The second kappa shape index (κ2) is 5.29. The molecule has 3 rings (SSSR count). The van der Waals surface area contributed by atoms with Crippen molar-refractivity contribution in [1.29, 1.82) is 0 Å². The van der Waals surface area contributed by atoms with Crippen LogP contribution in [0.1, 0.15) is 30.2 Å². The summed E-state index contributed by atoms with van der Waals surface area (Å²) in [6.45, 7) is 0.846. The summed E-state index contributed by atoms with van der Waals surface area (Å²) in [6.07, 6.45) is 3.61. The number of alkyl halides is 1. The molecule has 0 radical (unpaired) electrons. The van der Waals surface area contributed by atoms with Gasteiger partial charge in [-0.2, -0.15) is 0 Å². The van der Waals surface area contributed by atoms with Crippen molar-refractivity contribution < 1.29 is 4.74 Å². The van der Waals surface area contributed by atoms with Gasteiger partial charge in [-0.15, -0.1) is 11.6 Å². The molecule has 0 N–H and O–H groups in total. The van der Waals surface area contributed by atoms with E-state index in [1.54, 1.807) is 0 Å². The lowest BCUT2D eigenvalue weighted by Crippen LogP contribution is -2.23. The van der Waals surface area contributed by atoms with Crippen LogP contribution in [0.3, 0.4) is 0 Å². The molecule has 2 aromatic carbocycles. The Kier molecular flexibility index (Phi) is 3.53. The second-order valence-electron chi connectivity index (χ2n) is 4.88. The minimum Gasteiger partial charge on any atom is -0.376 e. The van der Waals surface area contributed by atoms with Crippen molar-refractivity contribution in [3.8, 4) is 0 Å². The van der Waals surface area contributed by atoms with E-state index in [0.717, 1.165) is 19.4 Å². The lowest BCUT2D eigenvalue weighted by molar-refractivity contribution is 0.0138. The van der Waals surface area contributed by atoms with Crippen LogP contribution in [0.25, 0.3) is 10.8 Å². The summed E-state index contributed by atoms with van der Waals surface area (Å²) in [4.78, 5) is 0. The molecule has 2 atom stereocenters. The molecule has 0 spiro atoms. The molecule has 1 saturated heterocycles. The molecule has 0 amide bonds. The SMILES string of the molecule is ClC(c1cccc2ccccc12)C1CCCCO1. The molecule has 0 aliphatic carbocycles. The molecule has 1 heterocycles. The molecular weight excluding hydrogens is 244 g/mol. The first-order valence-corrected chi connectivity index (χ1v) is 7.03. The van der Waals surface area contributed by atoms with Gasteiger partial charge in [0.05, 0.1) is 11.5 Å². The third-order valence-electron chi connectivity index (χ3n) is 3.66. The summed E-state index contributed by atoms with van der Waals surface area (Å²) < 4.78 is 5.81. The Bertz CT molecular complexity index is 526. The molecule has 18 heavy (non-hydrogen) atoms. The zero-order valence-corrected chi connectivity index (χ0v) is 11.1. The van der Waals surface area contributed by atoms with Crippen LogP contribution in [0.2, 0.25) is 0 Å². The average molecular weight is 261 g/mol. The molecule has 0 aromatic heterocycles. The normalized spacial score (nSPS) is 21.9. The van der Waals surface area contributed by atoms with E-state index < -0.39 is 0 Å². The second-order valence-corrected chi connectivity index (χ2v) is 5.35. The van der Waals surface area contributed by atoms with Gasteiger partial charge in [-0.25, -0.2) is 0 Å². The van der Waals surface area contributed by atoms with Gasteiger partial charge < -0.3 is 4.74 Å². The zero-order chi connectivity index (χ0) is 12.4. The van der Waals surface area contributed by atoms with Crippen LogP contribution >= 0.6 is 11.6 Å². The lowest BCUT2D eigenvalue weighted by Gasteiger charge is -2.27. The lowest BCUT2D eigenvalue weighted by atomic mass is 9.96. The maximum Gasteiger partial charge on any atom is 0.0853 e. The molecule has 1 aliphatic rings. The van der Waals surface area contributed by atoms with Crippen molar-refractivity contribution in [3.63, 3.8) is 0 Å². The van der Waals surface area contributed by atoms with Crippen LogP contribution in [0.4, 0.5) is 0 Å². The summed E-state index contributed by atoms with van der Waals surface area (Å²) in [5, 5.41) is 2.45. The third kappa shape index (κ3) is 2.25. The van der Waals surface area contributed by atoms with Crippen LogP contribution in [0.15, 0.2) is 42.5 Å². The van der Waals surface area contributed by atoms with Gasteiger partial charge in [-0.3, -0.25) is 0 Å². The standard InChI is InChI=1S/C16H17ClO/c17-16(15-10-3-4-11-18-15)14-9-5-7-12-6-1-2-8-13(12)14/h1-2,5-9,15-16H,3-4,10-11H2. The summed E-state index contributed by atoms with van der Waals surface area (Å²) >= 11 is 6.64. The van der Waals surface area contributed by atoms with E-state index >= 15 is 0 Å². The quantitative estimate of drug-likeness (QED) is 0.712. The highest BCUT2D eigenvalue weighted by Gasteiger charge is 2.25. The van der Waals surface area contributed by atoms with E-state index in [4.69, 9.17) is 16.3 Å². The predicted molar refractivity (Wildman–Crippen MR) is 76.1 cm³/mol. The molecule has 2 aromatic rings.